The topological polar surface area (TPSA) is 47.3 Å². The molecule has 0 amide bonds. The molecule has 0 radical (unpaired) electrons. The van der Waals surface area contributed by atoms with Crippen molar-refractivity contribution in [3.63, 3.8) is 0 Å². The molecule has 0 saturated heterocycles. The molecule has 2 aromatic carbocycles. The average molecular weight is 256 g/mol. The lowest BCUT2D eigenvalue weighted by Crippen LogP contribution is -2.05. The van der Waals surface area contributed by atoms with Crippen LogP contribution in [-0.4, -0.2) is 13.7 Å². The minimum Gasteiger partial charge on any atom is -0.497 e. The Kier molecular flexibility index (Phi) is 4.29. The molecule has 0 bridgehead atoms. The van der Waals surface area contributed by atoms with Crippen LogP contribution in [0, 0.1) is 6.92 Å². The van der Waals surface area contributed by atoms with E-state index in [1.807, 2.05) is 31.2 Å². The van der Waals surface area contributed by atoms with Crippen LogP contribution < -0.4 is 15.8 Å². The van der Waals surface area contributed by atoms with Crippen molar-refractivity contribution < 1.29 is 4.74 Å². The van der Waals surface area contributed by atoms with Crippen molar-refractivity contribution in [2.24, 2.45) is 0 Å². The second-order valence-electron chi connectivity index (χ2n) is 4.60. The quantitative estimate of drug-likeness (QED) is 0.807. The summed E-state index contributed by atoms with van der Waals surface area (Å²) in [5, 5.41) is 3.38. The summed E-state index contributed by atoms with van der Waals surface area (Å²) in [5.74, 6) is 0.892. The van der Waals surface area contributed by atoms with Crippen LogP contribution in [0.1, 0.15) is 11.1 Å². The first-order chi connectivity index (χ1) is 9.19. The zero-order chi connectivity index (χ0) is 13.7. The fourth-order valence-corrected chi connectivity index (χ4v) is 1.89. The van der Waals surface area contributed by atoms with Gasteiger partial charge in [0, 0.05) is 17.9 Å². The molecule has 0 aliphatic carbocycles. The van der Waals surface area contributed by atoms with Crippen LogP contribution in [0.4, 0.5) is 11.4 Å². The van der Waals surface area contributed by atoms with Gasteiger partial charge in [0.05, 0.1) is 7.11 Å². The van der Waals surface area contributed by atoms with Crippen LogP contribution in [0.5, 0.6) is 5.75 Å². The van der Waals surface area contributed by atoms with Crippen LogP contribution in [-0.2, 0) is 6.42 Å². The number of nitrogens with two attached hydrogens (primary N) is 1. The van der Waals surface area contributed by atoms with E-state index in [9.17, 15) is 0 Å². The predicted octanol–water partition coefficient (Wildman–Crippen LogP) is 3.24. The van der Waals surface area contributed by atoms with Crippen molar-refractivity contribution in [1.29, 1.82) is 0 Å². The number of nitrogens with one attached hydrogen (secondary N) is 1. The van der Waals surface area contributed by atoms with Crippen LogP contribution in [0.25, 0.3) is 0 Å². The van der Waals surface area contributed by atoms with Gasteiger partial charge in [0.2, 0.25) is 0 Å². The van der Waals surface area contributed by atoms with Crippen LogP contribution in [0.2, 0.25) is 0 Å². The molecule has 0 unspecified atom stereocenters. The van der Waals surface area contributed by atoms with E-state index in [1.165, 1.54) is 5.56 Å². The second-order valence-corrected chi connectivity index (χ2v) is 4.60. The van der Waals surface area contributed by atoms with Gasteiger partial charge < -0.3 is 15.8 Å². The number of benzene rings is 2. The molecule has 0 aliphatic rings. The lowest BCUT2D eigenvalue weighted by Gasteiger charge is -2.09. The molecule has 0 spiro atoms. The molecule has 3 heteroatoms. The molecule has 19 heavy (non-hydrogen) atoms. The Morgan fingerprint density at radius 3 is 2.47 bits per heavy atom. The van der Waals surface area contributed by atoms with Crippen molar-refractivity contribution in [2.75, 3.05) is 24.7 Å². The first-order valence-corrected chi connectivity index (χ1v) is 6.42. The number of aryl methyl sites for hydroxylation is 1. The van der Waals surface area contributed by atoms with Gasteiger partial charge in [-0.25, -0.2) is 0 Å². The van der Waals surface area contributed by atoms with Gasteiger partial charge in [-0.2, -0.15) is 0 Å². The lowest BCUT2D eigenvalue weighted by atomic mass is 10.1. The Morgan fingerprint density at radius 1 is 1.11 bits per heavy atom. The number of rotatable bonds is 5. The SMILES string of the molecule is COc1ccc(CCNc2ccc(C)c(N)c2)cc1. The standard InChI is InChI=1S/C16H20N2O/c1-12-3-6-14(11-16(12)17)18-10-9-13-4-7-15(19-2)8-5-13/h3-8,11,18H,9-10,17H2,1-2H3. The lowest BCUT2D eigenvalue weighted by molar-refractivity contribution is 0.414. The Balaban J connectivity index is 1.86. The molecule has 2 rings (SSSR count). The second kappa shape index (κ2) is 6.14. The van der Waals surface area contributed by atoms with Gasteiger partial charge in [-0.05, 0) is 48.7 Å². The number of nitrogen functional groups attached to an aromatic ring is 1. The maximum atomic E-state index is 5.88. The maximum Gasteiger partial charge on any atom is 0.118 e. The number of hydrogen-bond acceptors (Lipinski definition) is 3. The smallest absolute Gasteiger partial charge is 0.118 e. The van der Waals surface area contributed by atoms with Gasteiger partial charge in [-0.1, -0.05) is 18.2 Å². The molecule has 100 valence electrons. The Labute approximate surface area is 114 Å². The summed E-state index contributed by atoms with van der Waals surface area (Å²) < 4.78 is 5.14. The third-order valence-corrected chi connectivity index (χ3v) is 3.18. The highest BCUT2D eigenvalue weighted by molar-refractivity contribution is 5.58. The largest absolute Gasteiger partial charge is 0.497 e. The van der Waals surface area contributed by atoms with E-state index in [4.69, 9.17) is 10.5 Å². The summed E-state index contributed by atoms with van der Waals surface area (Å²) in [6, 6.07) is 14.2. The Bertz CT molecular complexity index is 535. The Morgan fingerprint density at radius 2 is 1.84 bits per heavy atom. The molecule has 0 atom stereocenters. The molecular formula is C16H20N2O. The molecule has 0 fully saturated rings. The van der Waals surface area contributed by atoms with Gasteiger partial charge in [0.25, 0.3) is 0 Å². The average Bonchev–Trinajstić information content (AvgIpc) is 2.43. The van der Waals surface area contributed by atoms with Gasteiger partial charge in [0.1, 0.15) is 5.75 Å². The van der Waals surface area contributed by atoms with Gasteiger partial charge >= 0.3 is 0 Å². The highest BCUT2D eigenvalue weighted by Gasteiger charge is 1.98. The summed E-state index contributed by atoms with van der Waals surface area (Å²) in [5.41, 5.74) is 10.2. The molecule has 3 N–H and O–H groups in total. The fourth-order valence-electron chi connectivity index (χ4n) is 1.89. The fraction of sp³-hybridized carbons (Fsp3) is 0.250. The van der Waals surface area contributed by atoms with E-state index >= 15 is 0 Å². The van der Waals surface area contributed by atoms with Crippen LogP contribution in [0.15, 0.2) is 42.5 Å². The molecular weight excluding hydrogens is 236 g/mol. The summed E-state index contributed by atoms with van der Waals surface area (Å²) in [7, 11) is 1.68. The predicted molar refractivity (Wildman–Crippen MR) is 80.8 cm³/mol. The Hall–Kier alpha value is -2.16. The van der Waals surface area contributed by atoms with Crippen LogP contribution >= 0.6 is 0 Å². The van der Waals surface area contributed by atoms with Crippen LogP contribution in [0.3, 0.4) is 0 Å². The zero-order valence-electron chi connectivity index (χ0n) is 11.4. The number of methoxy groups -OCH3 is 1. The van der Waals surface area contributed by atoms with E-state index in [0.717, 1.165) is 35.7 Å². The van der Waals surface area contributed by atoms with Gasteiger partial charge in [-0.15, -0.1) is 0 Å². The van der Waals surface area contributed by atoms with Crippen molar-refractivity contribution in [1.82, 2.24) is 0 Å². The maximum absolute atomic E-state index is 5.88. The van der Waals surface area contributed by atoms with Gasteiger partial charge in [-0.3, -0.25) is 0 Å². The van der Waals surface area contributed by atoms with E-state index < -0.39 is 0 Å². The first-order valence-electron chi connectivity index (χ1n) is 6.42. The third-order valence-electron chi connectivity index (χ3n) is 3.18. The molecule has 0 aromatic heterocycles. The molecule has 3 nitrogen and oxygen atoms in total. The molecule has 0 aliphatic heterocycles. The molecule has 0 saturated carbocycles. The van der Waals surface area contributed by atoms with E-state index in [0.29, 0.717) is 0 Å². The number of ether oxygens (including phenoxy) is 1. The minimum absolute atomic E-state index is 0.828. The van der Waals surface area contributed by atoms with Crippen molar-refractivity contribution in [2.45, 2.75) is 13.3 Å². The zero-order valence-corrected chi connectivity index (χ0v) is 11.4. The van der Waals surface area contributed by atoms with Crippen molar-refractivity contribution >= 4 is 11.4 Å². The molecule has 0 heterocycles. The van der Waals surface area contributed by atoms with E-state index in [1.54, 1.807) is 7.11 Å². The van der Waals surface area contributed by atoms with Crippen molar-refractivity contribution in [3.05, 3.63) is 53.6 Å². The third kappa shape index (κ3) is 3.65. The minimum atomic E-state index is 0.828. The summed E-state index contributed by atoms with van der Waals surface area (Å²) >= 11 is 0. The highest BCUT2D eigenvalue weighted by atomic mass is 16.5. The normalized spacial score (nSPS) is 10.2. The summed E-state index contributed by atoms with van der Waals surface area (Å²) in [4.78, 5) is 0. The van der Waals surface area contributed by atoms with E-state index in [-0.39, 0.29) is 0 Å². The monoisotopic (exact) mass is 256 g/mol. The summed E-state index contributed by atoms with van der Waals surface area (Å²) in [6.07, 6.45) is 0.970. The number of hydrogen-bond donors (Lipinski definition) is 2. The highest BCUT2D eigenvalue weighted by Crippen LogP contribution is 2.17. The molecule has 2 aromatic rings. The number of anilines is 2. The van der Waals surface area contributed by atoms with Gasteiger partial charge in [0.15, 0.2) is 0 Å². The first kappa shape index (κ1) is 13.3. The summed E-state index contributed by atoms with van der Waals surface area (Å²) in [6.45, 7) is 2.89. The van der Waals surface area contributed by atoms with Crippen molar-refractivity contribution in [3.8, 4) is 5.75 Å². The van der Waals surface area contributed by atoms with E-state index in [2.05, 4.69) is 23.5 Å².